The molecule has 0 amide bonds. The molecule has 160 valence electrons. The topological polar surface area (TPSA) is 34.1 Å². The van der Waals surface area contributed by atoms with Crippen LogP contribution >= 0.6 is 0 Å². The number of carbonyl (C=O) groups is 2. The number of ketones is 2. The van der Waals surface area contributed by atoms with Crippen molar-refractivity contribution in [3.63, 3.8) is 0 Å². The molecule has 0 spiro atoms. The van der Waals surface area contributed by atoms with Crippen molar-refractivity contribution in [3.8, 4) is 0 Å². The Labute approximate surface area is 181 Å². The molecular formula is C28H36O2. The van der Waals surface area contributed by atoms with E-state index in [0.29, 0.717) is 23.7 Å². The van der Waals surface area contributed by atoms with E-state index in [2.05, 4.69) is 65.8 Å². The third-order valence-corrected chi connectivity index (χ3v) is 7.51. The van der Waals surface area contributed by atoms with Gasteiger partial charge in [-0.15, -0.1) is 0 Å². The maximum absolute atomic E-state index is 13.2. The first kappa shape index (κ1) is 21.3. The quantitative estimate of drug-likeness (QED) is 0.502. The minimum absolute atomic E-state index is 0.191. The molecule has 0 aromatic carbocycles. The van der Waals surface area contributed by atoms with Crippen LogP contribution in [0.1, 0.15) is 67.2 Å². The van der Waals surface area contributed by atoms with Crippen molar-refractivity contribution in [2.75, 3.05) is 0 Å². The van der Waals surface area contributed by atoms with E-state index in [9.17, 15) is 9.59 Å². The van der Waals surface area contributed by atoms with Crippen LogP contribution < -0.4 is 0 Å². The van der Waals surface area contributed by atoms with Crippen LogP contribution in [-0.4, -0.2) is 11.6 Å². The Morgan fingerprint density at radius 2 is 0.867 bits per heavy atom. The Balaban J connectivity index is 1.85. The Hall–Kier alpha value is -1.96. The summed E-state index contributed by atoms with van der Waals surface area (Å²) < 4.78 is 0. The fourth-order valence-corrected chi connectivity index (χ4v) is 4.92. The molecule has 0 aliphatic heterocycles. The second-order valence-electron chi connectivity index (χ2n) is 10.5. The fourth-order valence-electron chi connectivity index (χ4n) is 4.92. The van der Waals surface area contributed by atoms with Gasteiger partial charge in [0, 0.05) is 22.3 Å². The molecule has 2 atom stereocenters. The summed E-state index contributed by atoms with van der Waals surface area (Å²) >= 11 is 0. The first-order chi connectivity index (χ1) is 14.2. The van der Waals surface area contributed by atoms with Gasteiger partial charge in [0.25, 0.3) is 0 Å². The van der Waals surface area contributed by atoms with Crippen molar-refractivity contribution in [2.24, 2.45) is 35.5 Å². The third kappa shape index (κ3) is 3.98. The number of hydrogen-bond donors (Lipinski definition) is 0. The molecule has 4 aliphatic rings. The summed E-state index contributed by atoms with van der Waals surface area (Å²) in [4.78, 5) is 26.4. The Morgan fingerprint density at radius 3 is 1.13 bits per heavy atom. The lowest BCUT2D eigenvalue weighted by Gasteiger charge is -2.26. The minimum Gasteiger partial charge on any atom is -0.289 e. The van der Waals surface area contributed by atoms with E-state index in [1.165, 1.54) is 25.7 Å². The van der Waals surface area contributed by atoms with Crippen LogP contribution in [0.15, 0.2) is 57.7 Å². The molecule has 0 unspecified atom stereocenters. The molecular weight excluding hydrogens is 368 g/mol. The number of carbonyl (C=O) groups excluding carboxylic acids is 2. The molecule has 4 rings (SSSR count). The van der Waals surface area contributed by atoms with E-state index < -0.39 is 0 Å². The van der Waals surface area contributed by atoms with E-state index in [4.69, 9.17) is 0 Å². The standard InChI is InChI=1S/C28H36O2/c1-15(2)23-11-21(13-25(27(23)29)17(5)19-7-8-19)22-12-24(16(3)4)28(30)26(14-22)18(6)20-9-10-20/h11-20H,7-10H2,1-6H3/b22-21+/t17-,18-/m1/s1. The highest BCUT2D eigenvalue weighted by atomic mass is 16.1. The predicted octanol–water partition coefficient (Wildman–Crippen LogP) is 6.56. The van der Waals surface area contributed by atoms with Crippen LogP contribution in [0.4, 0.5) is 0 Å². The number of allylic oxidation sites excluding steroid dienone is 10. The second-order valence-corrected chi connectivity index (χ2v) is 10.5. The molecule has 0 N–H and O–H groups in total. The maximum atomic E-state index is 13.2. The van der Waals surface area contributed by atoms with Gasteiger partial charge in [-0.3, -0.25) is 9.59 Å². The van der Waals surface area contributed by atoms with Gasteiger partial charge < -0.3 is 0 Å². The molecule has 0 aromatic rings. The molecule has 0 heterocycles. The Morgan fingerprint density at radius 1 is 0.567 bits per heavy atom. The average Bonchev–Trinajstić information content (AvgIpc) is 3.59. The molecule has 2 saturated carbocycles. The SMILES string of the molecule is CC(C)C1=C/C(=C2/C=C(C(C)C)C(=O)C([C@H](C)C3CC3)=C2)C=C([C@H](C)C2CC2)C1=O. The number of rotatable bonds is 6. The van der Waals surface area contributed by atoms with Gasteiger partial charge >= 0.3 is 0 Å². The minimum atomic E-state index is 0.191. The van der Waals surface area contributed by atoms with E-state index in [-0.39, 0.29) is 23.4 Å². The monoisotopic (exact) mass is 404 g/mol. The van der Waals surface area contributed by atoms with Gasteiger partial charge in [-0.1, -0.05) is 41.5 Å². The highest BCUT2D eigenvalue weighted by Crippen LogP contribution is 2.45. The van der Waals surface area contributed by atoms with Crippen LogP contribution in [0.2, 0.25) is 0 Å². The summed E-state index contributed by atoms with van der Waals surface area (Å²) in [5, 5.41) is 0. The summed E-state index contributed by atoms with van der Waals surface area (Å²) in [6, 6.07) is 0. The van der Waals surface area contributed by atoms with Gasteiger partial charge in [0.05, 0.1) is 0 Å². The normalized spacial score (nSPS) is 27.1. The van der Waals surface area contributed by atoms with Crippen LogP contribution in [0.25, 0.3) is 0 Å². The van der Waals surface area contributed by atoms with Crippen LogP contribution in [0, 0.1) is 35.5 Å². The zero-order valence-electron chi connectivity index (χ0n) is 19.4. The fraction of sp³-hybridized carbons (Fsp3) is 0.571. The molecule has 4 aliphatic carbocycles. The van der Waals surface area contributed by atoms with E-state index >= 15 is 0 Å². The predicted molar refractivity (Wildman–Crippen MR) is 123 cm³/mol. The second kappa shape index (κ2) is 7.94. The number of Topliss-reactive ketones (excluding diaryl/α,β-unsaturated/α-hetero) is 2. The Bertz CT molecular complexity index is 848. The van der Waals surface area contributed by atoms with E-state index in [1.54, 1.807) is 0 Å². The van der Waals surface area contributed by atoms with Gasteiger partial charge in [-0.2, -0.15) is 0 Å². The number of hydrogen-bond acceptors (Lipinski definition) is 2. The molecule has 2 fully saturated rings. The molecule has 2 nitrogen and oxygen atoms in total. The summed E-state index contributed by atoms with van der Waals surface area (Å²) in [5.74, 6) is 2.74. The smallest absolute Gasteiger partial charge is 0.185 e. The van der Waals surface area contributed by atoms with E-state index in [1.807, 2.05) is 0 Å². The molecule has 0 aromatic heterocycles. The van der Waals surface area contributed by atoms with Crippen molar-refractivity contribution in [3.05, 3.63) is 57.7 Å². The first-order valence-electron chi connectivity index (χ1n) is 11.9. The van der Waals surface area contributed by atoms with Crippen LogP contribution in [-0.2, 0) is 9.59 Å². The lowest BCUT2D eigenvalue weighted by molar-refractivity contribution is -0.114. The maximum Gasteiger partial charge on any atom is 0.185 e. The zero-order valence-corrected chi connectivity index (χ0v) is 19.4. The van der Waals surface area contributed by atoms with Crippen molar-refractivity contribution in [1.82, 2.24) is 0 Å². The third-order valence-electron chi connectivity index (χ3n) is 7.51. The lowest BCUT2D eigenvalue weighted by atomic mass is 9.77. The van der Waals surface area contributed by atoms with Crippen molar-refractivity contribution in [2.45, 2.75) is 67.2 Å². The lowest BCUT2D eigenvalue weighted by Crippen LogP contribution is -2.22. The van der Waals surface area contributed by atoms with Crippen molar-refractivity contribution >= 4 is 11.6 Å². The van der Waals surface area contributed by atoms with Crippen LogP contribution in [0.3, 0.4) is 0 Å². The van der Waals surface area contributed by atoms with Crippen LogP contribution in [0.5, 0.6) is 0 Å². The average molecular weight is 405 g/mol. The zero-order chi connectivity index (χ0) is 21.7. The van der Waals surface area contributed by atoms with Gasteiger partial charge in [-0.05, 0) is 96.6 Å². The molecule has 0 saturated heterocycles. The summed E-state index contributed by atoms with van der Waals surface area (Å²) in [7, 11) is 0. The first-order valence-corrected chi connectivity index (χ1v) is 11.9. The molecule has 30 heavy (non-hydrogen) atoms. The van der Waals surface area contributed by atoms with Gasteiger partial charge in [0.2, 0.25) is 0 Å². The summed E-state index contributed by atoms with van der Waals surface area (Å²) in [6.45, 7) is 12.8. The van der Waals surface area contributed by atoms with Crippen molar-refractivity contribution in [1.29, 1.82) is 0 Å². The largest absolute Gasteiger partial charge is 0.289 e. The van der Waals surface area contributed by atoms with Gasteiger partial charge in [0.1, 0.15) is 0 Å². The molecule has 0 radical (unpaired) electrons. The molecule has 0 bridgehead atoms. The van der Waals surface area contributed by atoms with Crippen molar-refractivity contribution < 1.29 is 9.59 Å². The highest BCUT2D eigenvalue weighted by molar-refractivity contribution is 6.12. The Kier molecular flexibility index (Phi) is 5.64. The highest BCUT2D eigenvalue weighted by Gasteiger charge is 2.37. The summed E-state index contributed by atoms with van der Waals surface area (Å²) in [5.41, 5.74) is 5.95. The van der Waals surface area contributed by atoms with Gasteiger partial charge in [0.15, 0.2) is 11.6 Å². The van der Waals surface area contributed by atoms with Gasteiger partial charge in [-0.25, -0.2) is 0 Å². The van der Waals surface area contributed by atoms with E-state index in [0.717, 1.165) is 33.4 Å². The summed E-state index contributed by atoms with van der Waals surface area (Å²) in [6.07, 6.45) is 13.4. The molecule has 2 heteroatoms.